The highest BCUT2D eigenvalue weighted by molar-refractivity contribution is 5.80. The van der Waals surface area contributed by atoms with Crippen LogP contribution in [0.1, 0.15) is 278 Å². The van der Waals surface area contributed by atoms with Crippen LogP contribution in [0.3, 0.4) is 0 Å². The van der Waals surface area contributed by atoms with Gasteiger partial charge in [0.1, 0.15) is 24.4 Å². The summed E-state index contributed by atoms with van der Waals surface area (Å²) in [5, 5.41) is 57.0. The first-order chi connectivity index (χ1) is 37.2. The van der Waals surface area contributed by atoms with Crippen molar-refractivity contribution in [3.8, 4) is 0 Å². The van der Waals surface area contributed by atoms with Gasteiger partial charge in [-0.2, -0.15) is 0 Å². The van der Waals surface area contributed by atoms with E-state index in [1.807, 2.05) is 6.08 Å². The fourth-order valence-corrected chi connectivity index (χ4v) is 9.64. The lowest BCUT2D eigenvalue weighted by molar-refractivity contribution is -0.305. The Morgan fingerprint density at radius 3 is 1.38 bits per heavy atom. The average Bonchev–Trinajstić information content (AvgIpc) is 3.42. The first-order valence-corrected chi connectivity index (χ1v) is 31.6. The van der Waals surface area contributed by atoms with Crippen molar-refractivity contribution < 1.29 is 49.3 Å². The van der Waals surface area contributed by atoms with E-state index in [1.54, 1.807) is 6.08 Å². The maximum atomic E-state index is 13.4. The molecule has 8 unspecified atom stereocenters. The maximum absolute atomic E-state index is 13.4. The molecule has 8 atom stereocenters. The Bertz CT molecular complexity index is 1460. The van der Waals surface area contributed by atoms with Crippen molar-refractivity contribution in [2.45, 2.75) is 327 Å². The molecule has 0 aromatic rings. The topological polar surface area (TPSA) is 175 Å². The van der Waals surface area contributed by atoms with Crippen molar-refractivity contribution in [1.29, 1.82) is 0 Å². The minimum absolute atomic E-state index is 0.123. The molecule has 0 aromatic heterocycles. The van der Waals surface area contributed by atoms with Gasteiger partial charge in [0.05, 0.1) is 25.4 Å². The minimum Gasteiger partial charge on any atom is -0.454 e. The molecule has 0 aromatic carbocycles. The molecule has 1 amide bonds. The second-order valence-electron chi connectivity index (χ2n) is 21.8. The second kappa shape index (κ2) is 53.0. The zero-order chi connectivity index (χ0) is 55.4. The molecule has 0 saturated carbocycles. The molecule has 0 radical (unpaired) electrons. The SMILES string of the molecule is CCCCC/C=C\C/C=C\C/C=C\C/C=C\CCCCCCC(O)C(=O)NC(COC1OC(CO)C(O)C(O)C1OC(=O)CCCCCCCCCCCCCCCC)C(O)/C=C/CCCCCCCCCCCCC. The van der Waals surface area contributed by atoms with Gasteiger partial charge >= 0.3 is 5.97 Å². The van der Waals surface area contributed by atoms with Crippen LogP contribution < -0.4 is 5.32 Å². The van der Waals surface area contributed by atoms with Gasteiger partial charge in [0.15, 0.2) is 12.4 Å². The maximum Gasteiger partial charge on any atom is 0.306 e. The summed E-state index contributed by atoms with van der Waals surface area (Å²) in [4.78, 5) is 26.5. The Hall–Kier alpha value is -2.64. The normalized spacial score (nSPS) is 19.5. The summed E-state index contributed by atoms with van der Waals surface area (Å²) < 4.78 is 17.6. The number of hydrogen-bond acceptors (Lipinski definition) is 10. The number of allylic oxidation sites excluding steroid dienone is 9. The molecule has 0 spiro atoms. The smallest absolute Gasteiger partial charge is 0.306 e. The molecular formula is C65H117NO10. The minimum atomic E-state index is -1.62. The van der Waals surface area contributed by atoms with Crippen LogP contribution in [-0.2, 0) is 23.8 Å². The zero-order valence-corrected chi connectivity index (χ0v) is 48.9. The summed E-state index contributed by atoms with van der Waals surface area (Å²) in [6.07, 6.45) is 55.3. The van der Waals surface area contributed by atoms with E-state index in [4.69, 9.17) is 14.2 Å². The highest BCUT2D eigenvalue weighted by Crippen LogP contribution is 2.26. The molecule has 442 valence electrons. The standard InChI is InChI=1S/C65H117NO10/c1-4-7-10-13-16-19-22-25-27-28-29-30-31-32-34-37-40-43-46-49-52-58(69)64(73)66-56(57(68)51-48-45-42-39-36-33-24-21-18-15-12-9-6-3)55-74-65-63(62(72)61(71)59(54-67)75-65)76-60(70)53-50-47-44-41-38-35-26-23-20-17-14-11-8-5-2/h16,19,25,27,29-30,32,34,48,51,56-59,61-63,65,67-69,71-72H,4-15,17-18,20-24,26,28,31,33,35-47,49-50,52-55H2,1-3H3,(H,66,73)/b19-16-,27-25-,30-29-,34-32-,51-48+. The van der Waals surface area contributed by atoms with Gasteiger partial charge in [-0.15, -0.1) is 0 Å². The zero-order valence-electron chi connectivity index (χ0n) is 48.9. The van der Waals surface area contributed by atoms with E-state index in [0.717, 1.165) is 83.5 Å². The Morgan fingerprint density at radius 1 is 0.513 bits per heavy atom. The predicted molar refractivity (Wildman–Crippen MR) is 315 cm³/mol. The Balaban J connectivity index is 2.71. The van der Waals surface area contributed by atoms with Crippen LogP contribution >= 0.6 is 0 Å². The first kappa shape index (κ1) is 71.4. The number of amides is 1. The number of unbranched alkanes of at least 4 members (excludes halogenated alkanes) is 31. The molecular weight excluding hydrogens is 955 g/mol. The number of rotatable bonds is 53. The van der Waals surface area contributed by atoms with Gasteiger partial charge in [0.25, 0.3) is 0 Å². The van der Waals surface area contributed by atoms with Crippen LogP contribution in [0.25, 0.3) is 0 Å². The lowest BCUT2D eigenvalue weighted by Gasteiger charge is -2.41. The monoisotopic (exact) mass is 1070 g/mol. The molecule has 1 saturated heterocycles. The fraction of sp³-hybridized carbons (Fsp3) is 0.815. The van der Waals surface area contributed by atoms with Crippen molar-refractivity contribution in [3.05, 3.63) is 60.8 Å². The number of hydrogen-bond donors (Lipinski definition) is 6. The van der Waals surface area contributed by atoms with Gasteiger partial charge in [-0.1, -0.05) is 261 Å². The Kier molecular flexibility index (Phi) is 49.8. The van der Waals surface area contributed by atoms with Crippen molar-refractivity contribution in [1.82, 2.24) is 5.32 Å². The number of aliphatic hydroxyl groups is 5. The lowest BCUT2D eigenvalue weighted by atomic mass is 9.99. The highest BCUT2D eigenvalue weighted by atomic mass is 16.7. The molecule has 1 rings (SSSR count). The van der Waals surface area contributed by atoms with Crippen molar-refractivity contribution in [2.24, 2.45) is 0 Å². The molecule has 1 fully saturated rings. The fourth-order valence-electron chi connectivity index (χ4n) is 9.64. The number of carbonyl (C=O) groups is 2. The summed E-state index contributed by atoms with van der Waals surface area (Å²) in [5.74, 6) is -1.21. The van der Waals surface area contributed by atoms with E-state index < -0.39 is 67.4 Å². The largest absolute Gasteiger partial charge is 0.454 e. The predicted octanol–water partition coefficient (Wildman–Crippen LogP) is 15.0. The van der Waals surface area contributed by atoms with Crippen molar-refractivity contribution in [2.75, 3.05) is 13.2 Å². The summed E-state index contributed by atoms with van der Waals surface area (Å²) in [6, 6.07) is -1.03. The van der Waals surface area contributed by atoms with E-state index in [1.165, 1.54) is 148 Å². The van der Waals surface area contributed by atoms with Gasteiger partial charge in [-0.25, -0.2) is 0 Å². The molecule has 0 aliphatic carbocycles. The summed E-state index contributed by atoms with van der Waals surface area (Å²) >= 11 is 0. The Morgan fingerprint density at radius 2 is 0.908 bits per heavy atom. The molecule has 6 N–H and O–H groups in total. The quantitative estimate of drug-likeness (QED) is 0.0195. The lowest BCUT2D eigenvalue weighted by Crippen LogP contribution is -2.61. The van der Waals surface area contributed by atoms with Gasteiger partial charge in [0.2, 0.25) is 5.91 Å². The number of nitrogens with one attached hydrogen (secondary N) is 1. The van der Waals surface area contributed by atoms with Crippen LogP contribution in [0.5, 0.6) is 0 Å². The van der Waals surface area contributed by atoms with Crippen LogP contribution in [-0.4, -0.2) is 99.6 Å². The number of carbonyl (C=O) groups excluding carboxylic acids is 2. The number of ether oxygens (including phenoxy) is 3. The van der Waals surface area contributed by atoms with Gasteiger partial charge in [-0.3, -0.25) is 9.59 Å². The molecule has 11 heteroatoms. The molecule has 1 heterocycles. The second-order valence-corrected chi connectivity index (χ2v) is 21.8. The third kappa shape index (κ3) is 40.5. The molecule has 11 nitrogen and oxygen atoms in total. The molecule has 0 bridgehead atoms. The van der Waals surface area contributed by atoms with Crippen LogP contribution in [0, 0.1) is 0 Å². The van der Waals surface area contributed by atoms with Gasteiger partial charge < -0.3 is 45.1 Å². The van der Waals surface area contributed by atoms with E-state index in [9.17, 15) is 35.1 Å². The van der Waals surface area contributed by atoms with Crippen molar-refractivity contribution >= 4 is 11.9 Å². The van der Waals surface area contributed by atoms with E-state index in [-0.39, 0.29) is 19.4 Å². The first-order valence-electron chi connectivity index (χ1n) is 31.6. The molecule has 1 aliphatic rings. The van der Waals surface area contributed by atoms with Gasteiger partial charge in [-0.05, 0) is 70.6 Å². The highest BCUT2D eigenvalue weighted by Gasteiger charge is 2.47. The summed E-state index contributed by atoms with van der Waals surface area (Å²) in [7, 11) is 0. The van der Waals surface area contributed by atoms with E-state index >= 15 is 0 Å². The van der Waals surface area contributed by atoms with Crippen molar-refractivity contribution in [3.63, 3.8) is 0 Å². The van der Waals surface area contributed by atoms with Crippen LogP contribution in [0.2, 0.25) is 0 Å². The van der Waals surface area contributed by atoms with E-state index in [0.29, 0.717) is 12.8 Å². The third-order valence-electron chi connectivity index (χ3n) is 14.7. The third-order valence-corrected chi connectivity index (χ3v) is 14.7. The number of esters is 1. The molecule has 1 aliphatic heterocycles. The van der Waals surface area contributed by atoms with Crippen LogP contribution in [0.15, 0.2) is 60.8 Å². The van der Waals surface area contributed by atoms with Gasteiger partial charge in [0, 0.05) is 6.42 Å². The van der Waals surface area contributed by atoms with E-state index in [2.05, 4.69) is 74.7 Å². The summed E-state index contributed by atoms with van der Waals surface area (Å²) in [6.45, 7) is 5.76. The molecule has 76 heavy (non-hydrogen) atoms. The summed E-state index contributed by atoms with van der Waals surface area (Å²) in [5.41, 5.74) is 0. The van der Waals surface area contributed by atoms with Crippen LogP contribution in [0.4, 0.5) is 0 Å². The Labute approximate surface area is 465 Å². The number of aliphatic hydroxyl groups excluding tert-OH is 5. The average molecular weight is 1070 g/mol.